The molecule has 0 aromatic carbocycles. The molecule has 0 aromatic heterocycles. The molecular weight excluding hydrogens is 420 g/mol. The monoisotopic (exact) mass is 466 g/mol. The van der Waals surface area contributed by atoms with Gasteiger partial charge in [-0.1, -0.05) is 84.1 Å². The molecule has 2 saturated carbocycles. The average molecular weight is 467 g/mol. The molecule has 0 amide bonds. The van der Waals surface area contributed by atoms with Crippen molar-refractivity contribution in [2.45, 2.75) is 117 Å². The molecule has 6 nitrogen and oxygen atoms in total. The Kier molecular flexibility index (Phi) is 15.6. The van der Waals surface area contributed by atoms with Gasteiger partial charge in [-0.05, 0) is 44.4 Å². The Labute approximate surface area is 200 Å². The topological polar surface area (TPSA) is 101 Å². The second kappa shape index (κ2) is 17.6. The predicted molar refractivity (Wildman–Crippen MR) is 130 cm³/mol. The highest BCUT2D eigenvalue weighted by Gasteiger charge is 2.35. The quantitative estimate of drug-likeness (QED) is 0.187. The summed E-state index contributed by atoms with van der Waals surface area (Å²) in [6, 6.07) is 0. The Morgan fingerprint density at radius 1 is 0.758 bits per heavy atom. The molecule has 2 aliphatic carbocycles. The van der Waals surface area contributed by atoms with E-state index in [4.69, 9.17) is 14.9 Å². The van der Waals surface area contributed by atoms with Crippen LogP contribution >= 0.6 is 0 Å². The molecule has 0 aromatic rings. The lowest BCUT2D eigenvalue weighted by molar-refractivity contribution is -0.155. The molecule has 2 aliphatic rings. The number of hydrogen-bond acceptors (Lipinski definition) is 4. The standard InChI is InChI=1S/C19H34O2.C8H12O4/c1-3-5-6-7-11-15-21-19(20)18(12-4-2)16-17-13-9-8-10-14-17;9-7(10)5-3-1-2-4-6(5)8(11)12/h16-17H,3-15H2,1-2H3;5-6H,1-4H2,(H,9,10)(H,11,12). The number of esters is 1. The summed E-state index contributed by atoms with van der Waals surface area (Å²) in [6.45, 7) is 4.94. The van der Waals surface area contributed by atoms with Crippen LogP contribution in [0.2, 0.25) is 0 Å². The van der Waals surface area contributed by atoms with Gasteiger partial charge in [-0.2, -0.15) is 0 Å². The summed E-state index contributed by atoms with van der Waals surface area (Å²) in [6.07, 6.45) is 19.3. The summed E-state index contributed by atoms with van der Waals surface area (Å²) in [5, 5.41) is 17.4. The van der Waals surface area contributed by atoms with Gasteiger partial charge in [0.15, 0.2) is 0 Å². The van der Waals surface area contributed by atoms with Crippen LogP contribution in [-0.4, -0.2) is 34.7 Å². The van der Waals surface area contributed by atoms with Crippen LogP contribution in [0.25, 0.3) is 0 Å². The van der Waals surface area contributed by atoms with Crippen LogP contribution in [-0.2, 0) is 19.1 Å². The molecule has 2 N–H and O–H groups in total. The normalized spacial score (nSPS) is 21.6. The van der Waals surface area contributed by atoms with Crippen LogP contribution in [0.3, 0.4) is 0 Å². The first-order chi connectivity index (χ1) is 15.9. The number of allylic oxidation sites excluding steroid dienone is 1. The zero-order valence-corrected chi connectivity index (χ0v) is 20.9. The van der Waals surface area contributed by atoms with E-state index in [9.17, 15) is 14.4 Å². The maximum absolute atomic E-state index is 12.2. The summed E-state index contributed by atoms with van der Waals surface area (Å²) in [7, 11) is 0. The van der Waals surface area contributed by atoms with E-state index in [2.05, 4.69) is 19.9 Å². The van der Waals surface area contributed by atoms with E-state index in [1.807, 2.05) is 0 Å². The van der Waals surface area contributed by atoms with Gasteiger partial charge in [0, 0.05) is 5.57 Å². The van der Waals surface area contributed by atoms with E-state index < -0.39 is 23.8 Å². The minimum absolute atomic E-state index is 0.0575. The summed E-state index contributed by atoms with van der Waals surface area (Å²) >= 11 is 0. The minimum atomic E-state index is -0.970. The maximum atomic E-state index is 12.2. The Balaban J connectivity index is 0.000000383. The van der Waals surface area contributed by atoms with Gasteiger partial charge < -0.3 is 14.9 Å². The van der Waals surface area contributed by atoms with Crippen molar-refractivity contribution >= 4 is 17.9 Å². The second-order valence-electron chi connectivity index (χ2n) is 9.56. The molecule has 0 heterocycles. The molecule has 33 heavy (non-hydrogen) atoms. The molecule has 2 atom stereocenters. The fourth-order valence-corrected chi connectivity index (χ4v) is 4.79. The van der Waals surface area contributed by atoms with Crippen LogP contribution in [0.15, 0.2) is 11.6 Å². The predicted octanol–water partition coefficient (Wildman–Crippen LogP) is 6.77. The molecule has 0 saturated heterocycles. The van der Waals surface area contributed by atoms with Gasteiger partial charge >= 0.3 is 17.9 Å². The number of carboxylic acid groups (broad SMARTS) is 2. The minimum Gasteiger partial charge on any atom is -0.481 e. The smallest absolute Gasteiger partial charge is 0.333 e. The number of hydrogen-bond donors (Lipinski definition) is 2. The van der Waals surface area contributed by atoms with Crippen molar-refractivity contribution in [2.75, 3.05) is 6.61 Å². The fraction of sp³-hybridized carbons (Fsp3) is 0.815. The van der Waals surface area contributed by atoms with Crippen LogP contribution in [0.4, 0.5) is 0 Å². The molecule has 0 spiro atoms. The first-order valence-corrected chi connectivity index (χ1v) is 13.2. The van der Waals surface area contributed by atoms with Crippen LogP contribution in [0.5, 0.6) is 0 Å². The summed E-state index contributed by atoms with van der Waals surface area (Å²) in [5.74, 6) is -2.73. The number of carbonyl (C=O) groups is 3. The van der Waals surface area contributed by atoms with E-state index in [1.165, 1.54) is 57.8 Å². The number of aliphatic carboxylic acids is 2. The molecule has 2 fully saturated rings. The summed E-state index contributed by atoms with van der Waals surface area (Å²) < 4.78 is 5.47. The first kappa shape index (κ1) is 29.2. The highest BCUT2D eigenvalue weighted by molar-refractivity contribution is 5.88. The van der Waals surface area contributed by atoms with Crippen molar-refractivity contribution < 1.29 is 29.3 Å². The molecule has 2 rings (SSSR count). The van der Waals surface area contributed by atoms with Crippen LogP contribution < -0.4 is 0 Å². The van der Waals surface area contributed by atoms with E-state index in [0.29, 0.717) is 25.4 Å². The number of ether oxygens (including phenoxy) is 1. The summed E-state index contributed by atoms with van der Waals surface area (Å²) in [4.78, 5) is 33.4. The number of unbranched alkanes of at least 4 members (excludes halogenated alkanes) is 4. The molecular formula is C27H46O6. The van der Waals surface area contributed by atoms with Crippen molar-refractivity contribution in [1.82, 2.24) is 0 Å². The third kappa shape index (κ3) is 12.3. The molecule has 190 valence electrons. The van der Waals surface area contributed by atoms with Crippen LogP contribution in [0.1, 0.15) is 117 Å². The lowest BCUT2D eigenvalue weighted by atomic mass is 9.79. The van der Waals surface area contributed by atoms with E-state index in [-0.39, 0.29) is 5.97 Å². The van der Waals surface area contributed by atoms with Gasteiger partial charge in [0.2, 0.25) is 0 Å². The molecule has 0 aliphatic heterocycles. The Morgan fingerprint density at radius 2 is 1.30 bits per heavy atom. The van der Waals surface area contributed by atoms with E-state index >= 15 is 0 Å². The van der Waals surface area contributed by atoms with Gasteiger partial charge in [-0.3, -0.25) is 9.59 Å². The number of carbonyl (C=O) groups excluding carboxylic acids is 1. The van der Waals surface area contributed by atoms with Gasteiger partial charge in [-0.15, -0.1) is 0 Å². The van der Waals surface area contributed by atoms with Gasteiger partial charge in [0.05, 0.1) is 18.4 Å². The number of rotatable bonds is 12. The zero-order valence-electron chi connectivity index (χ0n) is 20.9. The zero-order chi connectivity index (χ0) is 24.5. The lowest BCUT2D eigenvalue weighted by Crippen LogP contribution is -2.32. The Morgan fingerprint density at radius 3 is 1.82 bits per heavy atom. The summed E-state index contributed by atoms with van der Waals surface area (Å²) in [5.41, 5.74) is 0.929. The molecule has 0 radical (unpaired) electrons. The number of carboxylic acids is 2. The van der Waals surface area contributed by atoms with Crippen molar-refractivity contribution in [2.24, 2.45) is 17.8 Å². The fourth-order valence-electron chi connectivity index (χ4n) is 4.79. The van der Waals surface area contributed by atoms with Crippen molar-refractivity contribution in [3.63, 3.8) is 0 Å². The third-order valence-corrected chi connectivity index (χ3v) is 6.75. The van der Waals surface area contributed by atoms with E-state index in [0.717, 1.165) is 37.7 Å². The molecule has 0 bridgehead atoms. The van der Waals surface area contributed by atoms with Gasteiger partial charge in [0.1, 0.15) is 0 Å². The van der Waals surface area contributed by atoms with Crippen LogP contribution in [0, 0.1) is 17.8 Å². The Bertz CT molecular complexity index is 584. The average Bonchev–Trinajstić information content (AvgIpc) is 2.82. The van der Waals surface area contributed by atoms with Crippen molar-refractivity contribution in [3.8, 4) is 0 Å². The first-order valence-electron chi connectivity index (χ1n) is 13.2. The van der Waals surface area contributed by atoms with Gasteiger partial charge in [-0.25, -0.2) is 4.79 Å². The molecule has 6 heteroatoms. The third-order valence-electron chi connectivity index (χ3n) is 6.75. The second-order valence-corrected chi connectivity index (χ2v) is 9.56. The maximum Gasteiger partial charge on any atom is 0.333 e. The van der Waals surface area contributed by atoms with Crippen molar-refractivity contribution in [3.05, 3.63) is 11.6 Å². The van der Waals surface area contributed by atoms with E-state index in [1.54, 1.807) is 0 Å². The SMILES string of the molecule is CCCCCCCOC(=O)C(=CC1CCCCC1)CCC.O=C(O)C1CCCCC1C(=O)O. The molecule has 2 unspecified atom stereocenters. The largest absolute Gasteiger partial charge is 0.481 e. The van der Waals surface area contributed by atoms with Gasteiger partial charge in [0.25, 0.3) is 0 Å². The highest BCUT2D eigenvalue weighted by atomic mass is 16.5. The Hall–Kier alpha value is -1.85. The van der Waals surface area contributed by atoms with Crippen molar-refractivity contribution in [1.29, 1.82) is 0 Å². The highest BCUT2D eigenvalue weighted by Crippen LogP contribution is 2.30. The lowest BCUT2D eigenvalue weighted by Gasteiger charge is -2.24.